The zero-order valence-corrected chi connectivity index (χ0v) is 19.8. The number of nitrogens with one attached hydrogen (secondary N) is 3. The summed E-state index contributed by atoms with van der Waals surface area (Å²) in [5.74, 6) is -0.472. The molecule has 0 spiro atoms. The summed E-state index contributed by atoms with van der Waals surface area (Å²) in [6.07, 6.45) is 3.42. The van der Waals surface area contributed by atoms with Crippen molar-refractivity contribution in [3.05, 3.63) is 89.7 Å². The molecule has 182 valence electrons. The molecule has 3 aromatic carbocycles. The standard InChI is InChI=1S/C28H28N6O2/c29-26-25(28(36)33-23-9-4-12-30-16-23)34-24(17-31-26)21-7-3-8-22(14-21)27(35)32-15-18-10-11-19-5-1-2-6-20(19)13-18/h1-3,5-8,10-11,13-14,17,23,30H,4,9,12,15-16H2,(H2,29,31)(H,32,35)(H,33,36). The van der Waals surface area contributed by atoms with Crippen LogP contribution in [0.3, 0.4) is 0 Å². The van der Waals surface area contributed by atoms with E-state index in [1.165, 1.54) is 6.20 Å². The molecule has 5 rings (SSSR count). The number of aromatic nitrogens is 2. The first kappa shape index (κ1) is 23.4. The van der Waals surface area contributed by atoms with Crippen LogP contribution < -0.4 is 21.7 Å². The highest BCUT2D eigenvalue weighted by atomic mass is 16.2. The first-order valence-corrected chi connectivity index (χ1v) is 12.1. The molecule has 1 fully saturated rings. The van der Waals surface area contributed by atoms with Crippen molar-refractivity contribution < 1.29 is 9.59 Å². The van der Waals surface area contributed by atoms with Crippen molar-refractivity contribution >= 4 is 28.4 Å². The maximum atomic E-state index is 12.9. The van der Waals surface area contributed by atoms with Gasteiger partial charge in [0.15, 0.2) is 11.5 Å². The number of anilines is 1. The average molecular weight is 481 g/mol. The molecule has 1 atom stereocenters. The Labute approximate surface area is 209 Å². The highest BCUT2D eigenvalue weighted by Crippen LogP contribution is 2.21. The van der Waals surface area contributed by atoms with E-state index >= 15 is 0 Å². The summed E-state index contributed by atoms with van der Waals surface area (Å²) in [6, 6.07) is 21.4. The van der Waals surface area contributed by atoms with Crippen molar-refractivity contribution in [1.82, 2.24) is 25.9 Å². The van der Waals surface area contributed by atoms with Crippen LogP contribution in [-0.4, -0.2) is 40.9 Å². The molecule has 0 aliphatic carbocycles. The van der Waals surface area contributed by atoms with E-state index in [-0.39, 0.29) is 29.4 Å². The van der Waals surface area contributed by atoms with Gasteiger partial charge in [-0.25, -0.2) is 9.97 Å². The summed E-state index contributed by atoms with van der Waals surface area (Å²) in [6.45, 7) is 2.08. The van der Waals surface area contributed by atoms with Gasteiger partial charge in [-0.3, -0.25) is 9.59 Å². The number of nitrogen functional groups attached to an aromatic ring is 1. The lowest BCUT2D eigenvalue weighted by atomic mass is 10.1. The Morgan fingerprint density at radius 3 is 2.69 bits per heavy atom. The van der Waals surface area contributed by atoms with Gasteiger partial charge >= 0.3 is 0 Å². The zero-order chi connectivity index (χ0) is 24.9. The molecule has 0 saturated carbocycles. The SMILES string of the molecule is Nc1ncc(-c2cccc(C(=O)NCc3ccc4ccccc4c3)c2)nc1C(=O)NC1CCCNC1. The van der Waals surface area contributed by atoms with E-state index in [1.54, 1.807) is 18.2 Å². The Morgan fingerprint density at radius 1 is 1.00 bits per heavy atom. The number of benzene rings is 3. The summed E-state index contributed by atoms with van der Waals surface area (Å²) in [5, 5.41) is 11.5. The maximum Gasteiger partial charge on any atom is 0.274 e. The van der Waals surface area contributed by atoms with Crippen LogP contribution in [0.25, 0.3) is 22.0 Å². The number of amides is 2. The van der Waals surface area contributed by atoms with Crippen molar-refractivity contribution in [3.8, 4) is 11.3 Å². The normalized spacial score (nSPS) is 15.4. The van der Waals surface area contributed by atoms with Crippen LogP contribution in [0.15, 0.2) is 72.9 Å². The second-order valence-electron chi connectivity index (χ2n) is 8.95. The number of nitrogens with two attached hydrogens (primary N) is 1. The molecule has 0 radical (unpaired) electrons. The Hall–Kier alpha value is -4.30. The van der Waals surface area contributed by atoms with Crippen LogP contribution in [0.2, 0.25) is 0 Å². The second kappa shape index (κ2) is 10.5. The quantitative estimate of drug-likeness (QED) is 0.336. The van der Waals surface area contributed by atoms with E-state index in [2.05, 4.69) is 50.2 Å². The smallest absolute Gasteiger partial charge is 0.274 e. The lowest BCUT2D eigenvalue weighted by Crippen LogP contribution is -2.46. The fraction of sp³-hybridized carbons (Fsp3) is 0.214. The molecule has 8 nitrogen and oxygen atoms in total. The number of hydrogen-bond acceptors (Lipinski definition) is 6. The first-order chi connectivity index (χ1) is 17.6. The first-order valence-electron chi connectivity index (χ1n) is 12.1. The minimum atomic E-state index is -0.347. The van der Waals surface area contributed by atoms with Gasteiger partial charge in [0, 0.05) is 30.3 Å². The van der Waals surface area contributed by atoms with Crippen molar-refractivity contribution in [3.63, 3.8) is 0 Å². The summed E-state index contributed by atoms with van der Waals surface area (Å²) in [7, 11) is 0. The predicted octanol–water partition coefficient (Wildman–Crippen LogP) is 3.29. The van der Waals surface area contributed by atoms with Crippen LogP contribution in [0.5, 0.6) is 0 Å². The fourth-order valence-electron chi connectivity index (χ4n) is 4.39. The van der Waals surface area contributed by atoms with Crippen molar-refractivity contribution in [2.24, 2.45) is 0 Å². The number of hydrogen-bond donors (Lipinski definition) is 4. The molecule has 4 aromatic rings. The molecule has 2 amide bonds. The molecule has 2 heterocycles. The Bertz CT molecular complexity index is 1410. The summed E-state index contributed by atoms with van der Waals surface area (Å²) >= 11 is 0. The minimum Gasteiger partial charge on any atom is -0.382 e. The van der Waals surface area contributed by atoms with Crippen LogP contribution in [-0.2, 0) is 6.54 Å². The molecule has 1 saturated heterocycles. The van der Waals surface area contributed by atoms with Gasteiger partial charge in [0.25, 0.3) is 11.8 Å². The molecule has 5 N–H and O–H groups in total. The van der Waals surface area contributed by atoms with Gasteiger partial charge in [-0.05, 0) is 53.9 Å². The summed E-state index contributed by atoms with van der Waals surface area (Å²) in [5.41, 5.74) is 8.71. The number of piperidine rings is 1. The molecule has 1 unspecified atom stereocenters. The number of nitrogens with zero attached hydrogens (tertiary/aromatic N) is 2. The highest BCUT2D eigenvalue weighted by Gasteiger charge is 2.20. The second-order valence-corrected chi connectivity index (χ2v) is 8.95. The molecule has 1 aliphatic heterocycles. The Balaban J connectivity index is 1.29. The lowest BCUT2D eigenvalue weighted by molar-refractivity contribution is 0.0923. The third-order valence-electron chi connectivity index (χ3n) is 6.34. The van der Waals surface area contributed by atoms with E-state index < -0.39 is 0 Å². The van der Waals surface area contributed by atoms with Gasteiger partial charge in [0.1, 0.15) is 0 Å². The number of carbonyl (C=O) groups is 2. The largest absolute Gasteiger partial charge is 0.382 e. The van der Waals surface area contributed by atoms with Gasteiger partial charge < -0.3 is 21.7 Å². The van der Waals surface area contributed by atoms with E-state index in [1.807, 2.05) is 24.3 Å². The molecule has 1 aliphatic rings. The van der Waals surface area contributed by atoms with Gasteiger partial charge in [0.05, 0.1) is 11.9 Å². The molecule has 0 bridgehead atoms. The van der Waals surface area contributed by atoms with E-state index in [0.717, 1.165) is 42.3 Å². The van der Waals surface area contributed by atoms with Gasteiger partial charge in [0.2, 0.25) is 0 Å². The zero-order valence-electron chi connectivity index (χ0n) is 19.8. The van der Waals surface area contributed by atoms with Crippen LogP contribution in [0, 0.1) is 0 Å². The van der Waals surface area contributed by atoms with Crippen molar-refractivity contribution in [2.75, 3.05) is 18.8 Å². The molecule has 8 heteroatoms. The molecule has 1 aromatic heterocycles. The fourth-order valence-corrected chi connectivity index (χ4v) is 4.39. The third kappa shape index (κ3) is 5.34. The number of carbonyl (C=O) groups excluding carboxylic acids is 2. The van der Waals surface area contributed by atoms with Gasteiger partial charge in [-0.15, -0.1) is 0 Å². The topological polar surface area (TPSA) is 122 Å². The van der Waals surface area contributed by atoms with Crippen LogP contribution in [0.4, 0.5) is 5.82 Å². The highest BCUT2D eigenvalue weighted by molar-refractivity contribution is 5.97. The van der Waals surface area contributed by atoms with E-state index in [9.17, 15) is 9.59 Å². The number of rotatable bonds is 6. The monoisotopic (exact) mass is 480 g/mol. The lowest BCUT2D eigenvalue weighted by Gasteiger charge is -2.23. The molecule has 36 heavy (non-hydrogen) atoms. The number of fused-ring (bicyclic) bond motifs is 1. The minimum absolute atomic E-state index is 0.0331. The Morgan fingerprint density at radius 2 is 1.86 bits per heavy atom. The van der Waals surface area contributed by atoms with Gasteiger partial charge in [-0.1, -0.05) is 48.5 Å². The van der Waals surface area contributed by atoms with E-state index in [0.29, 0.717) is 23.4 Å². The molecular weight excluding hydrogens is 452 g/mol. The molecular formula is C28H28N6O2. The van der Waals surface area contributed by atoms with Crippen molar-refractivity contribution in [1.29, 1.82) is 0 Å². The maximum absolute atomic E-state index is 12.9. The van der Waals surface area contributed by atoms with E-state index in [4.69, 9.17) is 5.73 Å². The van der Waals surface area contributed by atoms with Crippen LogP contribution >= 0.6 is 0 Å². The summed E-state index contributed by atoms with van der Waals surface area (Å²) < 4.78 is 0. The summed E-state index contributed by atoms with van der Waals surface area (Å²) in [4.78, 5) is 34.3. The average Bonchev–Trinajstić information content (AvgIpc) is 2.92. The van der Waals surface area contributed by atoms with Gasteiger partial charge in [-0.2, -0.15) is 0 Å². The van der Waals surface area contributed by atoms with Crippen molar-refractivity contribution in [2.45, 2.75) is 25.4 Å². The predicted molar refractivity (Wildman–Crippen MR) is 140 cm³/mol. The Kier molecular flexibility index (Phi) is 6.86. The van der Waals surface area contributed by atoms with Crippen LogP contribution in [0.1, 0.15) is 39.3 Å². The third-order valence-corrected chi connectivity index (χ3v) is 6.34.